The topological polar surface area (TPSA) is 56.2 Å². The molecule has 1 saturated heterocycles. The molecule has 1 saturated carbocycles. The Bertz CT molecular complexity index is 713. The summed E-state index contributed by atoms with van der Waals surface area (Å²) in [6.07, 6.45) is 5.61. The summed E-state index contributed by atoms with van der Waals surface area (Å²) in [4.78, 5) is 20.0. The molecule has 29 heavy (non-hydrogen) atoms. The number of anilines is 1. The van der Waals surface area contributed by atoms with Crippen molar-refractivity contribution in [3.8, 4) is 5.75 Å². The van der Waals surface area contributed by atoms with Gasteiger partial charge in [-0.3, -0.25) is 14.6 Å². The Morgan fingerprint density at radius 1 is 1.17 bits per heavy atom. The van der Waals surface area contributed by atoms with Crippen LogP contribution in [-0.4, -0.2) is 79.8 Å². The van der Waals surface area contributed by atoms with E-state index in [0.29, 0.717) is 0 Å². The van der Waals surface area contributed by atoms with Crippen molar-refractivity contribution in [1.29, 1.82) is 0 Å². The average molecular weight is 404 g/mol. The van der Waals surface area contributed by atoms with Crippen LogP contribution in [0.3, 0.4) is 0 Å². The van der Waals surface area contributed by atoms with Crippen molar-refractivity contribution in [2.75, 3.05) is 46.2 Å². The zero-order chi connectivity index (χ0) is 21.2. The summed E-state index contributed by atoms with van der Waals surface area (Å²) >= 11 is 0. The fourth-order valence-corrected chi connectivity index (χ4v) is 5.15. The average Bonchev–Trinajstić information content (AvgIpc) is 2.73. The fraction of sp³-hybridized carbons (Fsp3) is 0.696. The highest BCUT2D eigenvalue weighted by molar-refractivity contribution is 6.00. The smallest absolute Gasteiger partial charge is 0.247 e. The number of rotatable bonds is 5. The first kappa shape index (κ1) is 22.1. The molecule has 0 radical (unpaired) electrons. The molecule has 162 valence electrons. The van der Waals surface area contributed by atoms with Crippen molar-refractivity contribution in [1.82, 2.24) is 9.80 Å². The van der Waals surface area contributed by atoms with Gasteiger partial charge >= 0.3 is 0 Å². The van der Waals surface area contributed by atoms with Crippen LogP contribution in [0.15, 0.2) is 18.2 Å². The lowest BCUT2D eigenvalue weighted by atomic mass is 9.82. The maximum atomic E-state index is 13.7. The lowest BCUT2D eigenvalue weighted by Crippen LogP contribution is -2.63. The number of hydrogen-bond donors (Lipinski definition) is 1. The maximum Gasteiger partial charge on any atom is 0.247 e. The predicted molar refractivity (Wildman–Crippen MR) is 117 cm³/mol. The van der Waals surface area contributed by atoms with Gasteiger partial charge in [0.2, 0.25) is 5.91 Å². The van der Waals surface area contributed by atoms with E-state index < -0.39 is 5.54 Å². The summed E-state index contributed by atoms with van der Waals surface area (Å²) in [5.41, 5.74) is 1.43. The molecular formula is C23H37N3O3. The van der Waals surface area contributed by atoms with Gasteiger partial charge in [0.25, 0.3) is 0 Å². The molecule has 0 bridgehead atoms. The number of nitrogens with zero attached hydrogens (tertiary/aromatic N) is 3. The van der Waals surface area contributed by atoms with Gasteiger partial charge in [0.1, 0.15) is 11.3 Å². The molecule has 2 fully saturated rings. The summed E-state index contributed by atoms with van der Waals surface area (Å²) in [5.74, 6) is 0.938. The molecule has 0 aromatic heterocycles. The number of hydrogen-bond acceptors (Lipinski definition) is 5. The summed E-state index contributed by atoms with van der Waals surface area (Å²) in [5, 5.41) is 10.4. The van der Waals surface area contributed by atoms with Gasteiger partial charge in [0.05, 0.1) is 13.2 Å². The molecule has 1 heterocycles. The van der Waals surface area contributed by atoms with Gasteiger partial charge in [-0.15, -0.1) is 0 Å². The number of amides is 1. The SMILES string of the molecule is COc1ccc(N(C)C(=O)C2(N(C)C)CCN([C@@H]3CCCC[C@H]3O)CC2)c(C)c1. The van der Waals surface area contributed by atoms with Crippen molar-refractivity contribution in [2.45, 2.75) is 63.1 Å². The van der Waals surface area contributed by atoms with Crippen molar-refractivity contribution >= 4 is 11.6 Å². The van der Waals surface area contributed by atoms with Crippen LogP contribution in [0.5, 0.6) is 5.75 Å². The van der Waals surface area contributed by atoms with E-state index in [2.05, 4.69) is 9.80 Å². The van der Waals surface area contributed by atoms with Gasteiger partial charge in [-0.05, 0) is 70.5 Å². The van der Waals surface area contributed by atoms with Gasteiger partial charge in [-0.1, -0.05) is 12.8 Å². The fourth-order valence-electron chi connectivity index (χ4n) is 5.15. The number of benzene rings is 1. The molecule has 1 aromatic rings. The molecule has 6 nitrogen and oxygen atoms in total. The number of carbonyl (C=O) groups is 1. The van der Waals surface area contributed by atoms with Crippen LogP contribution in [0.2, 0.25) is 0 Å². The minimum Gasteiger partial charge on any atom is -0.497 e. The Balaban J connectivity index is 1.76. The second-order valence-electron chi connectivity index (χ2n) is 8.90. The highest BCUT2D eigenvalue weighted by Gasteiger charge is 2.46. The van der Waals surface area contributed by atoms with E-state index in [4.69, 9.17) is 4.74 Å². The Hall–Kier alpha value is -1.63. The third kappa shape index (κ3) is 4.30. The van der Waals surface area contributed by atoms with Crippen LogP contribution < -0.4 is 9.64 Å². The molecule has 2 atom stereocenters. The molecule has 2 aliphatic rings. The van der Waals surface area contributed by atoms with Crippen LogP contribution in [0, 0.1) is 6.92 Å². The van der Waals surface area contributed by atoms with Gasteiger partial charge in [0, 0.05) is 31.9 Å². The van der Waals surface area contributed by atoms with Gasteiger partial charge in [0.15, 0.2) is 0 Å². The summed E-state index contributed by atoms with van der Waals surface area (Å²) in [7, 11) is 7.55. The predicted octanol–water partition coefficient (Wildman–Crippen LogP) is 2.67. The first-order valence-electron chi connectivity index (χ1n) is 10.8. The highest BCUT2D eigenvalue weighted by atomic mass is 16.5. The number of carbonyl (C=O) groups excluding carboxylic acids is 1. The third-order valence-corrected chi connectivity index (χ3v) is 7.11. The van der Waals surface area contributed by atoms with Gasteiger partial charge in [-0.2, -0.15) is 0 Å². The monoisotopic (exact) mass is 403 g/mol. The number of likely N-dealkylation sites (N-methyl/N-ethyl adjacent to an activating group) is 2. The third-order valence-electron chi connectivity index (χ3n) is 7.11. The molecular weight excluding hydrogens is 366 g/mol. The van der Waals surface area contributed by atoms with E-state index in [1.54, 1.807) is 12.0 Å². The minimum atomic E-state index is -0.517. The molecule has 1 N–H and O–H groups in total. The molecule has 3 rings (SSSR count). The van der Waals surface area contributed by atoms with Crippen LogP contribution in [0.1, 0.15) is 44.1 Å². The number of aliphatic hydroxyl groups is 1. The first-order chi connectivity index (χ1) is 13.8. The van der Waals surface area contributed by atoms with E-state index in [0.717, 1.165) is 62.2 Å². The van der Waals surface area contributed by atoms with Crippen LogP contribution in [-0.2, 0) is 4.79 Å². The highest BCUT2D eigenvalue weighted by Crippen LogP contribution is 2.35. The normalized spacial score (nSPS) is 25.1. The number of methoxy groups -OCH3 is 1. The number of aliphatic hydroxyl groups excluding tert-OH is 1. The van der Waals surface area contributed by atoms with Crippen molar-refractivity contribution < 1.29 is 14.6 Å². The summed E-state index contributed by atoms with van der Waals surface area (Å²) in [6, 6.07) is 6.08. The lowest BCUT2D eigenvalue weighted by molar-refractivity contribution is -0.133. The molecule has 0 unspecified atom stereocenters. The standard InChI is InChI=1S/C23H37N3O3/c1-17-16-18(29-5)10-11-19(17)25(4)22(28)23(24(2)3)12-14-26(15-13-23)20-8-6-7-9-21(20)27/h10-11,16,20-21,27H,6-9,12-15H2,1-5H3/t20-,21-/m1/s1. The molecule has 6 heteroatoms. The van der Waals surface area contributed by atoms with E-state index in [-0.39, 0.29) is 18.1 Å². The van der Waals surface area contributed by atoms with Crippen LogP contribution in [0.25, 0.3) is 0 Å². The maximum absolute atomic E-state index is 13.7. The summed E-state index contributed by atoms with van der Waals surface area (Å²) < 4.78 is 5.31. The Kier molecular flexibility index (Phi) is 6.87. The Morgan fingerprint density at radius 3 is 2.38 bits per heavy atom. The molecule has 1 aromatic carbocycles. The Labute approximate surface area is 175 Å². The van der Waals surface area contributed by atoms with Crippen molar-refractivity contribution in [3.05, 3.63) is 23.8 Å². The van der Waals surface area contributed by atoms with E-state index >= 15 is 0 Å². The molecule has 1 aliphatic heterocycles. The quantitative estimate of drug-likeness (QED) is 0.819. The van der Waals surface area contributed by atoms with E-state index in [1.807, 2.05) is 46.3 Å². The number of likely N-dealkylation sites (tertiary alicyclic amines) is 1. The van der Waals surface area contributed by atoms with Crippen molar-refractivity contribution in [3.63, 3.8) is 0 Å². The van der Waals surface area contributed by atoms with E-state index in [1.165, 1.54) is 6.42 Å². The minimum absolute atomic E-state index is 0.139. The summed E-state index contributed by atoms with van der Waals surface area (Å²) in [6.45, 7) is 3.71. The number of aryl methyl sites for hydroxylation is 1. The van der Waals surface area contributed by atoms with E-state index in [9.17, 15) is 9.90 Å². The first-order valence-corrected chi connectivity index (χ1v) is 10.8. The molecule has 1 aliphatic carbocycles. The molecule has 1 amide bonds. The zero-order valence-corrected chi connectivity index (χ0v) is 18.6. The van der Waals surface area contributed by atoms with Crippen molar-refractivity contribution in [2.24, 2.45) is 0 Å². The van der Waals surface area contributed by atoms with Gasteiger partial charge < -0.3 is 14.7 Å². The van der Waals surface area contributed by atoms with Crippen LogP contribution in [0.4, 0.5) is 5.69 Å². The largest absolute Gasteiger partial charge is 0.497 e. The Morgan fingerprint density at radius 2 is 1.83 bits per heavy atom. The second kappa shape index (κ2) is 9.02. The lowest BCUT2D eigenvalue weighted by Gasteiger charge is -2.49. The van der Waals surface area contributed by atoms with Gasteiger partial charge in [-0.25, -0.2) is 0 Å². The molecule has 0 spiro atoms. The zero-order valence-electron chi connectivity index (χ0n) is 18.6. The number of ether oxygens (including phenoxy) is 1. The second-order valence-corrected chi connectivity index (χ2v) is 8.90. The van der Waals surface area contributed by atoms with Crippen LogP contribution >= 0.6 is 0 Å². The number of piperidine rings is 1.